The lowest BCUT2D eigenvalue weighted by molar-refractivity contribution is -0.144. The van der Waals surface area contributed by atoms with Gasteiger partial charge in [-0.25, -0.2) is 0 Å². The lowest BCUT2D eigenvalue weighted by Gasteiger charge is -2.34. The van der Waals surface area contributed by atoms with E-state index in [9.17, 15) is 4.79 Å². The first-order valence-electron chi connectivity index (χ1n) is 5.89. The van der Waals surface area contributed by atoms with Gasteiger partial charge in [-0.15, -0.1) is 0 Å². The standard InChI is InChI=1S/C12H23NO3/c1-12(2)6-4-9(5-7-12)16-8-10(13)11(14)15-3/h9-10H,4-8,13H2,1-3H3. The van der Waals surface area contributed by atoms with Gasteiger partial charge in [0.15, 0.2) is 0 Å². The summed E-state index contributed by atoms with van der Waals surface area (Å²) in [5, 5.41) is 0. The molecule has 0 radical (unpaired) electrons. The fourth-order valence-corrected chi connectivity index (χ4v) is 2.00. The van der Waals surface area contributed by atoms with Crippen LogP contribution in [-0.4, -0.2) is 31.8 Å². The number of ether oxygens (including phenoxy) is 2. The van der Waals surface area contributed by atoms with E-state index < -0.39 is 12.0 Å². The Morgan fingerprint density at radius 1 is 1.44 bits per heavy atom. The molecule has 0 saturated heterocycles. The predicted molar refractivity (Wildman–Crippen MR) is 62.0 cm³/mol. The van der Waals surface area contributed by atoms with E-state index in [4.69, 9.17) is 10.5 Å². The topological polar surface area (TPSA) is 61.5 Å². The van der Waals surface area contributed by atoms with Gasteiger partial charge in [-0.2, -0.15) is 0 Å². The highest BCUT2D eigenvalue weighted by Crippen LogP contribution is 2.36. The minimum atomic E-state index is -0.653. The van der Waals surface area contributed by atoms with Gasteiger partial charge >= 0.3 is 5.97 Å². The third kappa shape index (κ3) is 4.10. The van der Waals surface area contributed by atoms with Gasteiger partial charge in [0.05, 0.1) is 19.8 Å². The van der Waals surface area contributed by atoms with Crippen molar-refractivity contribution in [3.8, 4) is 0 Å². The summed E-state index contributed by atoms with van der Waals surface area (Å²) in [5.41, 5.74) is 6.03. The fraction of sp³-hybridized carbons (Fsp3) is 0.917. The molecule has 1 fully saturated rings. The fourth-order valence-electron chi connectivity index (χ4n) is 2.00. The highest BCUT2D eigenvalue weighted by atomic mass is 16.5. The highest BCUT2D eigenvalue weighted by molar-refractivity contribution is 5.75. The second-order valence-corrected chi connectivity index (χ2v) is 5.33. The molecule has 2 N–H and O–H groups in total. The molecule has 0 spiro atoms. The molecule has 0 aliphatic heterocycles. The lowest BCUT2D eigenvalue weighted by atomic mass is 9.76. The first kappa shape index (κ1) is 13.5. The van der Waals surface area contributed by atoms with E-state index in [1.165, 1.54) is 20.0 Å². The first-order chi connectivity index (χ1) is 7.44. The van der Waals surface area contributed by atoms with Crippen molar-refractivity contribution in [2.24, 2.45) is 11.1 Å². The van der Waals surface area contributed by atoms with Gasteiger partial charge in [-0.1, -0.05) is 13.8 Å². The zero-order valence-corrected chi connectivity index (χ0v) is 10.5. The first-order valence-corrected chi connectivity index (χ1v) is 5.89. The summed E-state index contributed by atoms with van der Waals surface area (Å²) < 4.78 is 10.2. The summed E-state index contributed by atoms with van der Waals surface area (Å²) in [4.78, 5) is 11.1. The molecule has 1 unspecified atom stereocenters. The van der Waals surface area contributed by atoms with Crippen molar-refractivity contribution in [2.45, 2.75) is 51.7 Å². The van der Waals surface area contributed by atoms with Crippen LogP contribution < -0.4 is 5.73 Å². The molecule has 4 nitrogen and oxygen atoms in total. The summed E-state index contributed by atoms with van der Waals surface area (Å²) in [7, 11) is 1.34. The van der Waals surface area contributed by atoms with Gasteiger partial charge in [-0.05, 0) is 31.1 Å². The average molecular weight is 229 g/mol. The van der Waals surface area contributed by atoms with Crippen molar-refractivity contribution < 1.29 is 14.3 Å². The summed E-state index contributed by atoms with van der Waals surface area (Å²) in [6.45, 7) is 4.82. The Bertz CT molecular complexity index is 230. The van der Waals surface area contributed by atoms with Gasteiger partial charge in [-0.3, -0.25) is 4.79 Å². The number of nitrogens with two attached hydrogens (primary N) is 1. The van der Waals surface area contributed by atoms with Crippen LogP contribution in [-0.2, 0) is 14.3 Å². The number of carbonyl (C=O) groups is 1. The Morgan fingerprint density at radius 3 is 2.50 bits per heavy atom. The zero-order chi connectivity index (χ0) is 12.2. The number of carbonyl (C=O) groups excluding carboxylic acids is 1. The largest absolute Gasteiger partial charge is 0.468 e. The number of hydrogen-bond donors (Lipinski definition) is 1. The molecular weight excluding hydrogens is 206 g/mol. The van der Waals surface area contributed by atoms with Crippen LogP contribution in [0.2, 0.25) is 0 Å². The van der Waals surface area contributed by atoms with Crippen molar-refractivity contribution in [3.05, 3.63) is 0 Å². The molecule has 4 heteroatoms. The molecule has 0 amide bonds. The Balaban J connectivity index is 2.22. The summed E-state index contributed by atoms with van der Waals surface area (Å²) >= 11 is 0. The Kier molecular flexibility index (Phi) is 4.74. The second kappa shape index (κ2) is 5.64. The van der Waals surface area contributed by atoms with Crippen molar-refractivity contribution >= 4 is 5.97 Å². The normalized spacial score (nSPS) is 22.8. The molecule has 1 aliphatic rings. The quantitative estimate of drug-likeness (QED) is 0.742. The maximum absolute atomic E-state index is 11.1. The van der Waals surface area contributed by atoms with E-state index in [-0.39, 0.29) is 12.7 Å². The predicted octanol–water partition coefficient (Wildman–Crippen LogP) is 1.47. The van der Waals surface area contributed by atoms with Crippen LogP contribution in [0.4, 0.5) is 0 Å². The minimum absolute atomic E-state index is 0.253. The maximum atomic E-state index is 11.1. The Hall–Kier alpha value is -0.610. The van der Waals surface area contributed by atoms with Crippen molar-refractivity contribution in [1.29, 1.82) is 0 Å². The molecule has 94 valence electrons. The van der Waals surface area contributed by atoms with E-state index in [0.717, 1.165) is 12.8 Å². The SMILES string of the molecule is COC(=O)C(N)COC1CCC(C)(C)CC1. The van der Waals surface area contributed by atoms with Crippen LogP contribution in [0.3, 0.4) is 0 Å². The number of hydrogen-bond acceptors (Lipinski definition) is 4. The number of esters is 1. The third-order valence-corrected chi connectivity index (χ3v) is 3.30. The third-order valence-electron chi connectivity index (χ3n) is 3.30. The maximum Gasteiger partial charge on any atom is 0.325 e. The number of rotatable bonds is 4. The van der Waals surface area contributed by atoms with Gasteiger partial charge < -0.3 is 15.2 Å². The van der Waals surface area contributed by atoms with Gasteiger partial charge in [0.1, 0.15) is 6.04 Å². The van der Waals surface area contributed by atoms with Crippen LogP contribution in [0.15, 0.2) is 0 Å². The van der Waals surface area contributed by atoms with Crippen LogP contribution in [0.25, 0.3) is 0 Å². The Labute approximate surface area is 97.5 Å². The van der Waals surface area contributed by atoms with Gasteiger partial charge in [0.2, 0.25) is 0 Å². The smallest absolute Gasteiger partial charge is 0.325 e. The molecule has 0 bridgehead atoms. The molecule has 0 aromatic heterocycles. The lowest BCUT2D eigenvalue weighted by Crippen LogP contribution is -2.38. The van der Waals surface area contributed by atoms with E-state index in [1.54, 1.807) is 0 Å². The van der Waals surface area contributed by atoms with Crippen LogP contribution in [0.5, 0.6) is 0 Å². The van der Waals surface area contributed by atoms with Crippen LogP contribution >= 0.6 is 0 Å². The van der Waals surface area contributed by atoms with E-state index in [0.29, 0.717) is 5.41 Å². The molecular formula is C12H23NO3. The highest BCUT2D eigenvalue weighted by Gasteiger charge is 2.28. The molecule has 1 aliphatic carbocycles. The number of methoxy groups -OCH3 is 1. The molecule has 16 heavy (non-hydrogen) atoms. The van der Waals surface area contributed by atoms with Crippen LogP contribution in [0, 0.1) is 5.41 Å². The summed E-state index contributed by atoms with van der Waals surface area (Å²) in [5.74, 6) is -0.406. The van der Waals surface area contributed by atoms with E-state index in [2.05, 4.69) is 18.6 Å². The second-order valence-electron chi connectivity index (χ2n) is 5.33. The summed E-state index contributed by atoms with van der Waals surface area (Å²) in [6, 6.07) is -0.653. The zero-order valence-electron chi connectivity index (χ0n) is 10.5. The van der Waals surface area contributed by atoms with Crippen LogP contribution in [0.1, 0.15) is 39.5 Å². The molecule has 1 saturated carbocycles. The summed E-state index contributed by atoms with van der Waals surface area (Å²) in [6.07, 6.45) is 4.71. The van der Waals surface area contributed by atoms with Gasteiger partial charge in [0, 0.05) is 0 Å². The van der Waals surface area contributed by atoms with E-state index in [1.807, 2.05) is 0 Å². The molecule has 0 aromatic carbocycles. The van der Waals surface area contributed by atoms with Crippen molar-refractivity contribution in [3.63, 3.8) is 0 Å². The molecule has 1 atom stereocenters. The molecule has 1 rings (SSSR count). The Morgan fingerprint density at radius 2 is 2.00 bits per heavy atom. The minimum Gasteiger partial charge on any atom is -0.468 e. The monoisotopic (exact) mass is 229 g/mol. The average Bonchev–Trinajstić information content (AvgIpc) is 2.26. The van der Waals surface area contributed by atoms with Gasteiger partial charge in [0.25, 0.3) is 0 Å². The van der Waals surface area contributed by atoms with Crippen molar-refractivity contribution in [1.82, 2.24) is 0 Å². The molecule has 0 heterocycles. The molecule has 0 aromatic rings. The van der Waals surface area contributed by atoms with E-state index >= 15 is 0 Å². The van der Waals surface area contributed by atoms with Crippen molar-refractivity contribution in [2.75, 3.05) is 13.7 Å².